The molecule has 0 aliphatic heterocycles. The van der Waals surface area contributed by atoms with Gasteiger partial charge in [0.25, 0.3) is 0 Å². The van der Waals surface area contributed by atoms with Gasteiger partial charge in [-0.15, -0.1) is 12.4 Å². The molecule has 2 rings (SSSR count). The fourth-order valence-corrected chi connectivity index (χ4v) is 1.58. The van der Waals surface area contributed by atoms with E-state index in [1.165, 1.54) is 22.3 Å². The van der Waals surface area contributed by atoms with Crippen LogP contribution < -0.4 is 5.73 Å². The van der Waals surface area contributed by atoms with E-state index in [9.17, 15) is 0 Å². The van der Waals surface area contributed by atoms with Crippen molar-refractivity contribution in [3.8, 4) is 11.1 Å². The molecular weight excluding hydrogens is 218 g/mol. The van der Waals surface area contributed by atoms with Crippen LogP contribution in [-0.4, -0.2) is 0 Å². The zero-order valence-corrected chi connectivity index (χ0v) is 10.1. The van der Waals surface area contributed by atoms with Crippen molar-refractivity contribution < 1.29 is 0 Å². The highest BCUT2D eigenvalue weighted by atomic mass is 35.5. The summed E-state index contributed by atoms with van der Waals surface area (Å²) in [6.07, 6.45) is 0. The summed E-state index contributed by atoms with van der Waals surface area (Å²) in [5.74, 6) is 0. The monoisotopic (exact) mass is 233 g/mol. The Kier molecular flexibility index (Phi) is 4.53. The van der Waals surface area contributed by atoms with E-state index in [0.29, 0.717) is 6.54 Å². The van der Waals surface area contributed by atoms with Crippen LogP contribution in [0.2, 0.25) is 0 Å². The Labute approximate surface area is 103 Å². The maximum atomic E-state index is 5.56. The van der Waals surface area contributed by atoms with E-state index >= 15 is 0 Å². The van der Waals surface area contributed by atoms with E-state index in [1.807, 2.05) is 0 Å². The molecule has 0 unspecified atom stereocenters. The van der Waals surface area contributed by atoms with Crippen molar-refractivity contribution in [3.63, 3.8) is 0 Å². The molecule has 0 saturated carbocycles. The van der Waals surface area contributed by atoms with Gasteiger partial charge in [0.2, 0.25) is 0 Å². The standard InChI is InChI=1S/C14H15N.ClH/c1-11-2-6-13(7-3-11)14-8-4-12(10-15)5-9-14;/h2-9H,10,15H2,1H3;1H. The molecule has 2 N–H and O–H groups in total. The number of benzene rings is 2. The average molecular weight is 234 g/mol. The minimum absolute atomic E-state index is 0. The zero-order valence-electron chi connectivity index (χ0n) is 9.31. The van der Waals surface area contributed by atoms with Gasteiger partial charge in [-0.25, -0.2) is 0 Å². The van der Waals surface area contributed by atoms with E-state index in [4.69, 9.17) is 5.73 Å². The van der Waals surface area contributed by atoms with Crippen molar-refractivity contribution in [2.45, 2.75) is 13.5 Å². The summed E-state index contributed by atoms with van der Waals surface area (Å²) in [6.45, 7) is 2.70. The van der Waals surface area contributed by atoms with E-state index < -0.39 is 0 Å². The second kappa shape index (κ2) is 5.69. The lowest BCUT2D eigenvalue weighted by Crippen LogP contribution is -1.95. The van der Waals surface area contributed by atoms with E-state index in [2.05, 4.69) is 55.5 Å². The molecule has 1 nitrogen and oxygen atoms in total. The molecule has 0 amide bonds. The molecule has 0 spiro atoms. The molecule has 0 fully saturated rings. The SMILES string of the molecule is Cc1ccc(-c2ccc(CN)cc2)cc1.Cl. The van der Waals surface area contributed by atoms with Crippen molar-refractivity contribution in [2.24, 2.45) is 5.73 Å². The van der Waals surface area contributed by atoms with E-state index in [-0.39, 0.29) is 12.4 Å². The third-order valence-electron chi connectivity index (χ3n) is 2.57. The topological polar surface area (TPSA) is 26.0 Å². The quantitative estimate of drug-likeness (QED) is 0.844. The third kappa shape index (κ3) is 2.84. The van der Waals surface area contributed by atoms with Crippen LogP contribution in [0, 0.1) is 6.92 Å². The molecule has 84 valence electrons. The summed E-state index contributed by atoms with van der Waals surface area (Å²) in [5.41, 5.74) is 10.5. The first-order valence-electron chi connectivity index (χ1n) is 5.15. The smallest absolute Gasteiger partial charge is 0.0178 e. The van der Waals surface area contributed by atoms with Crippen LogP contribution in [0.4, 0.5) is 0 Å². The van der Waals surface area contributed by atoms with Crippen LogP contribution >= 0.6 is 12.4 Å². The van der Waals surface area contributed by atoms with Crippen LogP contribution in [0.25, 0.3) is 11.1 Å². The van der Waals surface area contributed by atoms with Crippen LogP contribution in [-0.2, 0) is 6.54 Å². The first-order chi connectivity index (χ1) is 7.29. The van der Waals surface area contributed by atoms with Crippen LogP contribution in [0.3, 0.4) is 0 Å². The van der Waals surface area contributed by atoms with Crippen molar-refractivity contribution in [3.05, 3.63) is 59.7 Å². The molecule has 0 aliphatic rings. The molecule has 0 aromatic heterocycles. The van der Waals surface area contributed by atoms with Gasteiger partial charge in [-0.2, -0.15) is 0 Å². The molecule has 2 heteroatoms. The predicted octanol–water partition coefficient (Wildman–Crippen LogP) is 3.54. The number of aryl methyl sites for hydroxylation is 1. The van der Waals surface area contributed by atoms with Gasteiger partial charge in [0, 0.05) is 6.54 Å². The third-order valence-corrected chi connectivity index (χ3v) is 2.57. The highest BCUT2D eigenvalue weighted by Gasteiger charge is 1.96. The second-order valence-electron chi connectivity index (χ2n) is 3.77. The summed E-state index contributed by atoms with van der Waals surface area (Å²) in [6, 6.07) is 16.9. The Bertz CT molecular complexity index is 431. The fourth-order valence-electron chi connectivity index (χ4n) is 1.58. The highest BCUT2D eigenvalue weighted by Crippen LogP contribution is 2.19. The molecule has 0 bridgehead atoms. The van der Waals surface area contributed by atoms with Crippen LogP contribution in [0.15, 0.2) is 48.5 Å². The zero-order chi connectivity index (χ0) is 10.7. The lowest BCUT2D eigenvalue weighted by Gasteiger charge is -2.03. The summed E-state index contributed by atoms with van der Waals surface area (Å²) in [5, 5.41) is 0. The summed E-state index contributed by atoms with van der Waals surface area (Å²) in [7, 11) is 0. The van der Waals surface area contributed by atoms with E-state index in [0.717, 1.165) is 0 Å². The second-order valence-corrected chi connectivity index (χ2v) is 3.77. The predicted molar refractivity (Wildman–Crippen MR) is 71.8 cm³/mol. The number of rotatable bonds is 2. The number of halogens is 1. The molecule has 0 heterocycles. The lowest BCUT2D eigenvalue weighted by atomic mass is 10.0. The summed E-state index contributed by atoms with van der Waals surface area (Å²) >= 11 is 0. The Morgan fingerprint density at radius 2 is 1.25 bits per heavy atom. The Morgan fingerprint density at radius 1 is 0.812 bits per heavy atom. The van der Waals surface area contributed by atoms with Crippen LogP contribution in [0.5, 0.6) is 0 Å². The lowest BCUT2D eigenvalue weighted by molar-refractivity contribution is 1.07. The largest absolute Gasteiger partial charge is 0.326 e. The van der Waals surface area contributed by atoms with Crippen LogP contribution in [0.1, 0.15) is 11.1 Å². The Balaban J connectivity index is 0.00000128. The Morgan fingerprint density at radius 3 is 1.69 bits per heavy atom. The van der Waals surface area contributed by atoms with Gasteiger partial charge in [-0.3, -0.25) is 0 Å². The minimum Gasteiger partial charge on any atom is -0.326 e. The minimum atomic E-state index is 0. The first kappa shape index (κ1) is 12.8. The van der Waals surface area contributed by atoms with Gasteiger partial charge < -0.3 is 5.73 Å². The Hall–Kier alpha value is -1.31. The molecule has 2 aromatic rings. The van der Waals surface area contributed by atoms with Gasteiger partial charge in [0.05, 0.1) is 0 Å². The average Bonchev–Trinajstić information content (AvgIpc) is 2.30. The molecule has 0 aliphatic carbocycles. The van der Waals surface area contributed by atoms with Gasteiger partial charge in [0.15, 0.2) is 0 Å². The van der Waals surface area contributed by atoms with Crippen molar-refractivity contribution in [1.29, 1.82) is 0 Å². The summed E-state index contributed by atoms with van der Waals surface area (Å²) < 4.78 is 0. The number of hydrogen-bond acceptors (Lipinski definition) is 1. The number of hydrogen-bond donors (Lipinski definition) is 1. The fraction of sp³-hybridized carbons (Fsp3) is 0.143. The van der Waals surface area contributed by atoms with Crippen molar-refractivity contribution in [1.82, 2.24) is 0 Å². The normalized spacial score (nSPS) is 9.62. The van der Waals surface area contributed by atoms with Gasteiger partial charge in [0.1, 0.15) is 0 Å². The molecule has 0 saturated heterocycles. The molecule has 2 aromatic carbocycles. The van der Waals surface area contributed by atoms with Gasteiger partial charge in [-0.05, 0) is 23.6 Å². The van der Waals surface area contributed by atoms with Crippen molar-refractivity contribution >= 4 is 12.4 Å². The first-order valence-corrected chi connectivity index (χ1v) is 5.15. The van der Waals surface area contributed by atoms with Gasteiger partial charge >= 0.3 is 0 Å². The maximum absolute atomic E-state index is 5.56. The highest BCUT2D eigenvalue weighted by molar-refractivity contribution is 5.85. The molecule has 16 heavy (non-hydrogen) atoms. The molecular formula is C14H16ClN. The van der Waals surface area contributed by atoms with Crippen molar-refractivity contribution in [2.75, 3.05) is 0 Å². The van der Waals surface area contributed by atoms with Gasteiger partial charge in [-0.1, -0.05) is 54.1 Å². The summed E-state index contributed by atoms with van der Waals surface area (Å²) in [4.78, 5) is 0. The molecule has 0 atom stereocenters. The van der Waals surface area contributed by atoms with E-state index in [1.54, 1.807) is 0 Å². The number of nitrogens with two attached hydrogens (primary N) is 1. The molecule has 0 radical (unpaired) electrons. The maximum Gasteiger partial charge on any atom is 0.0178 e.